The Morgan fingerprint density at radius 1 is 0.960 bits per heavy atom. The Balaban J connectivity index is 1.57. The minimum atomic E-state index is -0.132. The lowest BCUT2D eigenvalue weighted by Crippen LogP contribution is -2.47. The van der Waals surface area contributed by atoms with Gasteiger partial charge in [0.25, 0.3) is 5.56 Å². The number of rotatable bonds is 2. The van der Waals surface area contributed by atoms with Crippen LogP contribution in [0, 0.1) is 0 Å². The average Bonchev–Trinajstić information content (AvgIpc) is 3.02. The summed E-state index contributed by atoms with van der Waals surface area (Å²) in [5.41, 5.74) is 1.52. The molecule has 25 heavy (non-hydrogen) atoms. The molecule has 0 aliphatic carbocycles. The Hall–Kier alpha value is -2.49. The molecule has 10 heteroatoms. The summed E-state index contributed by atoms with van der Waals surface area (Å²) in [6.07, 6.45) is 5.11. The van der Waals surface area contributed by atoms with Gasteiger partial charge >= 0.3 is 0 Å². The first-order valence-corrected chi connectivity index (χ1v) is 8.70. The molecule has 9 nitrogen and oxygen atoms in total. The summed E-state index contributed by atoms with van der Waals surface area (Å²) in [6.45, 7) is 3.14. The van der Waals surface area contributed by atoms with Crippen molar-refractivity contribution in [1.29, 1.82) is 0 Å². The van der Waals surface area contributed by atoms with Crippen molar-refractivity contribution in [2.75, 3.05) is 36.0 Å². The molecule has 4 rings (SSSR count). The van der Waals surface area contributed by atoms with Crippen molar-refractivity contribution in [3.63, 3.8) is 0 Å². The largest absolute Gasteiger partial charge is 0.366 e. The Morgan fingerprint density at radius 2 is 1.64 bits per heavy atom. The van der Waals surface area contributed by atoms with Crippen LogP contribution < -0.4 is 15.4 Å². The van der Waals surface area contributed by atoms with Crippen LogP contribution in [-0.2, 0) is 14.1 Å². The Morgan fingerprint density at radius 3 is 2.40 bits per heavy atom. The number of hydrogen-bond donors (Lipinski definition) is 0. The number of nitrogens with zero attached hydrogens (tertiary/aromatic N) is 8. The normalized spacial score (nSPS) is 15.2. The van der Waals surface area contributed by atoms with Crippen molar-refractivity contribution in [1.82, 2.24) is 29.5 Å². The van der Waals surface area contributed by atoms with Crippen LogP contribution in [0.4, 0.5) is 11.5 Å². The van der Waals surface area contributed by atoms with E-state index in [-0.39, 0.29) is 5.56 Å². The maximum absolute atomic E-state index is 12.1. The first-order valence-electron chi connectivity index (χ1n) is 7.90. The fourth-order valence-corrected chi connectivity index (χ4v) is 3.69. The first-order chi connectivity index (χ1) is 12.1. The lowest BCUT2D eigenvalue weighted by molar-refractivity contribution is 0.637. The van der Waals surface area contributed by atoms with Crippen molar-refractivity contribution < 1.29 is 0 Å². The molecule has 0 spiro atoms. The molecule has 1 saturated heterocycles. The third kappa shape index (κ3) is 2.66. The Kier molecular flexibility index (Phi) is 3.91. The molecule has 4 heterocycles. The quantitative estimate of drug-likeness (QED) is 0.616. The summed E-state index contributed by atoms with van der Waals surface area (Å²) in [7, 11) is 3.51. The predicted octanol–water partition coefficient (Wildman–Crippen LogP) is 0.546. The molecule has 1 fully saturated rings. The molecule has 3 aromatic heterocycles. The molecule has 0 atom stereocenters. The zero-order valence-electron chi connectivity index (χ0n) is 13.9. The van der Waals surface area contributed by atoms with Crippen LogP contribution in [0.2, 0.25) is 0 Å². The van der Waals surface area contributed by atoms with Gasteiger partial charge in [-0.15, -0.1) is 0 Å². The van der Waals surface area contributed by atoms with E-state index in [1.807, 2.05) is 7.05 Å². The van der Waals surface area contributed by atoms with Crippen molar-refractivity contribution in [2.45, 2.75) is 0 Å². The van der Waals surface area contributed by atoms with Gasteiger partial charge in [0.15, 0.2) is 5.65 Å². The van der Waals surface area contributed by atoms with Gasteiger partial charge in [-0.3, -0.25) is 9.48 Å². The van der Waals surface area contributed by atoms with Crippen molar-refractivity contribution in [3.8, 4) is 0 Å². The smallest absolute Gasteiger partial charge is 0.282 e. The molecule has 0 saturated carbocycles. The van der Waals surface area contributed by atoms with Gasteiger partial charge in [0.05, 0.1) is 23.5 Å². The molecule has 0 aromatic carbocycles. The zero-order valence-corrected chi connectivity index (χ0v) is 15.5. The van der Waals surface area contributed by atoms with E-state index in [4.69, 9.17) is 0 Å². The number of aryl methyl sites for hydroxylation is 2. The molecule has 0 N–H and O–H groups in total. The highest BCUT2D eigenvalue weighted by Crippen LogP contribution is 2.26. The fourth-order valence-electron chi connectivity index (χ4n) is 3.08. The van der Waals surface area contributed by atoms with Crippen LogP contribution in [0.5, 0.6) is 0 Å². The Bertz CT molecular complexity index is 989. The maximum Gasteiger partial charge on any atom is 0.282 e. The highest BCUT2D eigenvalue weighted by molar-refractivity contribution is 9.10. The van der Waals surface area contributed by atoms with Crippen LogP contribution in [0.3, 0.4) is 0 Å². The number of aromatic nitrogens is 6. The van der Waals surface area contributed by atoms with E-state index in [1.54, 1.807) is 30.5 Å². The number of fused-ring (bicyclic) bond motifs is 1. The van der Waals surface area contributed by atoms with Gasteiger partial charge in [0.2, 0.25) is 0 Å². The highest BCUT2D eigenvalue weighted by atomic mass is 79.9. The fraction of sp³-hybridized carbons (Fsp3) is 0.400. The van der Waals surface area contributed by atoms with E-state index in [0.29, 0.717) is 4.47 Å². The van der Waals surface area contributed by atoms with Crippen molar-refractivity contribution in [2.24, 2.45) is 14.1 Å². The average molecular weight is 405 g/mol. The van der Waals surface area contributed by atoms with Gasteiger partial charge in [0, 0.05) is 40.3 Å². The molecule has 0 bridgehead atoms. The predicted molar refractivity (Wildman–Crippen MR) is 97.9 cm³/mol. The van der Waals surface area contributed by atoms with Crippen LogP contribution in [-0.4, -0.2) is 55.7 Å². The van der Waals surface area contributed by atoms with E-state index < -0.39 is 0 Å². The maximum atomic E-state index is 12.1. The SMILES string of the molecule is Cn1ncc(N2CCN(c3ncnc4c3cnn4C)CC2)c(Br)c1=O. The number of hydrogen-bond acceptors (Lipinski definition) is 7. The van der Waals surface area contributed by atoms with E-state index in [0.717, 1.165) is 48.7 Å². The standard InChI is InChI=1S/C15H17BrN8O/c1-21-13-10(7-19-21)14(18-9-17-13)24-5-3-23(4-6-24)11-8-20-22(2)15(25)12(11)16/h7-9H,3-6H2,1-2H3. The summed E-state index contributed by atoms with van der Waals surface area (Å²) in [6, 6.07) is 0. The summed E-state index contributed by atoms with van der Waals surface area (Å²) in [5.74, 6) is 0.902. The second-order valence-electron chi connectivity index (χ2n) is 5.95. The molecule has 3 aromatic rings. The lowest BCUT2D eigenvalue weighted by atomic mass is 10.2. The summed E-state index contributed by atoms with van der Waals surface area (Å²) < 4.78 is 3.62. The van der Waals surface area contributed by atoms with Crippen LogP contribution in [0.1, 0.15) is 0 Å². The number of anilines is 2. The minimum absolute atomic E-state index is 0.132. The van der Waals surface area contributed by atoms with Crippen molar-refractivity contribution >= 4 is 38.5 Å². The van der Waals surface area contributed by atoms with Crippen molar-refractivity contribution in [3.05, 3.63) is 33.5 Å². The van der Waals surface area contributed by atoms with E-state index in [2.05, 4.69) is 45.9 Å². The summed E-state index contributed by atoms with van der Waals surface area (Å²) >= 11 is 3.40. The second-order valence-corrected chi connectivity index (χ2v) is 6.74. The molecular weight excluding hydrogens is 388 g/mol. The van der Waals surface area contributed by atoms with E-state index in [1.165, 1.54) is 4.68 Å². The molecule has 1 aliphatic rings. The first kappa shape index (κ1) is 16.0. The molecule has 130 valence electrons. The molecule has 0 unspecified atom stereocenters. The van der Waals surface area contributed by atoms with Gasteiger partial charge < -0.3 is 9.80 Å². The molecular formula is C15H17BrN8O. The Labute approximate surface area is 152 Å². The van der Waals surface area contributed by atoms with Crippen LogP contribution >= 0.6 is 15.9 Å². The molecule has 1 aliphatic heterocycles. The van der Waals surface area contributed by atoms with Gasteiger partial charge in [0.1, 0.15) is 16.6 Å². The highest BCUT2D eigenvalue weighted by Gasteiger charge is 2.23. The second kappa shape index (κ2) is 6.10. The van der Waals surface area contributed by atoms with E-state index >= 15 is 0 Å². The number of halogens is 1. The molecule has 0 radical (unpaired) electrons. The van der Waals surface area contributed by atoms with Gasteiger partial charge in [-0.05, 0) is 15.9 Å². The van der Waals surface area contributed by atoms with Gasteiger partial charge in [-0.2, -0.15) is 10.2 Å². The molecule has 0 amide bonds. The van der Waals surface area contributed by atoms with Gasteiger partial charge in [-0.1, -0.05) is 0 Å². The summed E-state index contributed by atoms with van der Waals surface area (Å²) in [4.78, 5) is 25.2. The van der Waals surface area contributed by atoms with E-state index in [9.17, 15) is 4.79 Å². The van der Waals surface area contributed by atoms with Crippen LogP contribution in [0.25, 0.3) is 11.0 Å². The third-order valence-electron chi connectivity index (χ3n) is 4.49. The monoisotopic (exact) mass is 404 g/mol. The number of piperazine rings is 1. The van der Waals surface area contributed by atoms with Gasteiger partial charge in [-0.25, -0.2) is 14.6 Å². The third-order valence-corrected chi connectivity index (χ3v) is 5.23. The topological polar surface area (TPSA) is 85.0 Å². The van der Waals surface area contributed by atoms with Crippen LogP contribution in [0.15, 0.2) is 28.0 Å². The summed E-state index contributed by atoms with van der Waals surface area (Å²) in [5, 5.41) is 9.35. The lowest BCUT2D eigenvalue weighted by Gasteiger charge is -2.36. The zero-order chi connectivity index (χ0) is 17.6. The minimum Gasteiger partial charge on any atom is -0.366 e.